The maximum Gasteiger partial charge on any atom is 0.0981 e. The first-order valence-electron chi connectivity index (χ1n) is 6.50. The van der Waals surface area contributed by atoms with Crippen LogP contribution in [0.1, 0.15) is 13.3 Å². The van der Waals surface area contributed by atoms with Crippen molar-refractivity contribution in [1.29, 1.82) is 0 Å². The SMILES string of the molecule is CCCNc1cncc(NCC2COCCO2)c1. The van der Waals surface area contributed by atoms with E-state index in [9.17, 15) is 0 Å². The van der Waals surface area contributed by atoms with Gasteiger partial charge >= 0.3 is 0 Å². The monoisotopic (exact) mass is 251 g/mol. The lowest BCUT2D eigenvalue weighted by atomic mass is 10.3. The number of pyridine rings is 1. The Bertz CT molecular complexity index is 354. The summed E-state index contributed by atoms with van der Waals surface area (Å²) >= 11 is 0. The standard InChI is InChI=1S/C13H21N3O2/c1-2-3-15-11-6-12(8-14-7-11)16-9-13-10-17-4-5-18-13/h6-8,13,15-16H,2-5,9-10H2,1H3. The summed E-state index contributed by atoms with van der Waals surface area (Å²) in [5.41, 5.74) is 2.05. The number of hydrogen-bond donors (Lipinski definition) is 2. The molecule has 5 nitrogen and oxygen atoms in total. The highest BCUT2D eigenvalue weighted by Gasteiger charge is 2.13. The first-order valence-corrected chi connectivity index (χ1v) is 6.50. The minimum absolute atomic E-state index is 0.131. The molecule has 1 aromatic heterocycles. The molecular weight excluding hydrogens is 230 g/mol. The molecule has 100 valence electrons. The van der Waals surface area contributed by atoms with Gasteiger partial charge in [0.25, 0.3) is 0 Å². The zero-order chi connectivity index (χ0) is 12.6. The molecule has 1 aromatic rings. The van der Waals surface area contributed by atoms with Gasteiger partial charge in [-0.25, -0.2) is 0 Å². The van der Waals surface area contributed by atoms with Crippen LogP contribution in [0.3, 0.4) is 0 Å². The molecule has 0 radical (unpaired) electrons. The van der Waals surface area contributed by atoms with E-state index in [0.717, 1.165) is 30.9 Å². The third-order valence-electron chi connectivity index (χ3n) is 2.74. The third kappa shape index (κ3) is 4.16. The van der Waals surface area contributed by atoms with E-state index in [0.29, 0.717) is 19.8 Å². The molecule has 0 aromatic carbocycles. The molecule has 1 aliphatic rings. The highest BCUT2D eigenvalue weighted by molar-refractivity contribution is 5.53. The number of hydrogen-bond acceptors (Lipinski definition) is 5. The Morgan fingerprint density at radius 3 is 2.83 bits per heavy atom. The van der Waals surface area contributed by atoms with E-state index in [1.165, 1.54) is 0 Å². The van der Waals surface area contributed by atoms with Crippen molar-refractivity contribution in [3.05, 3.63) is 18.5 Å². The minimum atomic E-state index is 0.131. The highest BCUT2D eigenvalue weighted by atomic mass is 16.6. The Labute approximate surface area is 108 Å². The number of nitrogens with one attached hydrogen (secondary N) is 2. The Kier molecular flexibility index (Phi) is 5.23. The molecule has 1 fully saturated rings. The van der Waals surface area contributed by atoms with E-state index in [-0.39, 0.29) is 6.10 Å². The molecular formula is C13H21N3O2. The summed E-state index contributed by atoms with van der Waals surface area (Å²) in [7, 11) is 0. The molecule has 18 heavy (non-hydrogen) atoms. The van der Waals surface area contributed by atoms with Crippen LogP contribution in [0.5, 0.6) is 0 Å². The van der Waals surface area contributed by atoms with Crippen molar-refractivity contribution in [1.82, 2.24) is 4.98 Å². The molecule has 1 aliphatic heterocycles. The second kappa shape index (κ2) is 7.18. The van der Waals surface area contributed by atoms with Crippen molar-refractivity contribution < 1.29 is 9.47 Å². The number of aromatic nitrogens is 1. The van der Waals surface area contributed by atoms with E-state index < -0.39 is 0 Å². The van der Waals surface area contributed by atoms with Gasteiger partial charge in [0.05, 0.1) is 49.7 Å². The average Bonchev–Trinajstić information content (AvgIpc) is 2.44. The van der Waals surface area contributed by atoms with Crippen LogP contribution in [-0.4, -0.2) is 44.0 Å². The zero-order valence-electron chi connectivity index (χ0n) is 10.8. The zero-order valence-corrected chi connectivity index (χ0v) is 10.8. The minimum Gasteiger partial charge on any atom is -0.384 e. The van der Waals surface area contributed by atoms with Gasteiger partial charge in [0.1, 0.15) is 0 Å². The largest absolute Gasteiger partial charge is 0.384 e. The van der Waals surface area contributed by atoms with Crippen molar-refractivity contribution in [2.45, 2.75) is 19.4 Å². The molecule has 1 unspecified atom stereocenters. The van der Waals surface area contributed by atoms with Crippen LogP contribution >= 0.6 is 0 Å². The van der Waals surface area contributed by atoms with Crippen molar-refractivity contribution in [3.63, 3.8) is 0 Å². The fraction of sp³-hybridized carbons (Fsp3) is 0.615. The Hall–Kier alpha value is -1.33. The van der Waals surface area contributed by atoms with Crippen LogP contribution in [0, 0.1) is 0 Å². The summed E-state index contributed by atoms with van der Waals surface area (Å²) in [6.45, 7) is 5.90. The third-order valence-corrected chi connectivity index (χ3v) is 2.74. The fourth-order valence-corrected chi connectivity index (χ4v) is 1.79. The van der Waals surface area contributed by atoms with E-state index in [1.807, 2.05) is 12.4 Å². The lowest BCUT2D eigenvalue weighted by Crippen LogP contribution is -2.34. The maximum absolute atomic E-state index is 5.57. The summed E-state index contributed by atoms with van der Waals surface area (Å²) in [6.07, 6.45) is 4.89. The second-order valence-electron chi connectivity index (χ2n) is 4.34. The van der Waals surface area contributed by atoms with Gasteiger partial charge in [0, 0.05) is 13.1 Å². The van der Waals surface area contributed by atoms with Crippen LogP contribution in [0.15, 0.2) is 18.5 Å². The van der Waals surface area contributed by atoms with Gasteiger partial charge in [-0.2, -0.15) is 0 Å². The average molecular weight is 251 g/mol. The van der Waals surface area contributed by atoms with Crippen molar-refractivity contribution in [3.8, 4) is 0 Å². The quantitative estimate of drug-likeness (QED) is 0.806. The van der Waals surface area contributed by atoms with E-state index >= 15 is 0 Å². The molecule has 1 saturated heterocycles. The smallest absolute Gasteiger partial charge is 0.0981 e. The van der Waals surface area contributed by atoms with Gasteiger partial charge in [0.2, 0.25) is 0 Å². The Balaban J connectivity index is 1.80. The Morgan fingerprint density at radius 2 is 2.11 bits per heavy atom. The predicted octanol–water partition coefficient (Wildman–Crippen LogP) is 1.73. The summed E-state index contributed by atoms with van der Waals surface area (Å²) in [5.74, 6) is 0. The van der Waals surface area contributed by atoms with Crippen molar-refractivity contribution >= 4 is 11.4 Å². The first-order chi connectivity index (χ1) is 8.88. The van der Waals surface area contributed by atoms with E-state index in [4.69, 9.17) is 9.47 Å². The van der Waals surface area contributed by atoms with Gasteiger partial charge in [0.15, 0.2) is 0 Å². The summed E-state index contributed by atoms with van der Waals surface area (Å²) < 4.78 is 10.9. The van der Waals surface area contributed by atoms with Gasteiger partial charge in [-0.15, -0.1) is 0 Å². The molecule has 0 aliphatic carbocycles. The summed E-state index contributed by atoms with van der Waals surface area (Å²) in [5, 5.41) is 6.64. The second-order valence-corrected chi connectivity index (χ2v) is 4.34. The maximum atomic E-state index is 5.57. The molecule has 2 N–H and O–H groups in total. The highest BCUT2D eigenvalue weighted by Crippen LogP contribution is 2.13. The molecule has 1 atom stereocenters. The molecule has 0 amide bonds. The summed E-state index contributed by atoms with van der Waals surface area (Å²) in [4.78, 5) is 4.20. The number of rotatable bonds is 6. The van der Waals surface area contributed by atoms with E-state index in [2.05, 4.69) is 28.6 Å². The topological polar surface area (TPSA) is 55.4 Å². The molecule has 0 bridgehead atoms. The van der Waals surface area contributed by atoms with E-state index in [1.54, 1.807) is 0 Å². The van der Waals surface area contributed by atoms with Gasteiger partial charge in [-0.1, -0.05) is 6.92 Å². The molecule has 2 rings (SSSR count). The number of ether oxygens (including phenoxy) is 2. The molecule has 0 spiro atoms. The predicted molar refractivity (Wildman–Crippen MR) is 72.1 cm³/mol. The van der Waals surface area contributed by atoms with Crippen LogP contribution < -0.4 is 10.6 Å². The van der Waals surface area contributed by atoms with Crippen LogP contribution in [0.4, 0.5) is 11.4 Å². The van der Waals surface area contributed by atoms with Gasteiger partial charge < -0.3 is 20.1 Å². The lowest BCUT2D eigenvalue weighted by molar-refractivity contribution is -0.0818. The normalized spacial score (nSPS) is 19.5. The van der Waals surface area contributed by atoms with Crippen molar-refractivity contribution in [2.24, 2.45) is 0 Å². The number of nitrogens with zero attached hydrogens (tertiary/aromatic N) is 1. The van der Waals surface area contributed by atoms with Crippen LogP contribution in [0.2, 0.25) is 0 Å². The molecule has 2 heterocycles. The Morgan fingerprint density at radius 1 is 1.28 bits per heavy atom. The lowest BCUT2D eigenvalue weighted by Gasteiger charge is -2.23. The van der Waals surface area contributed by atoms with Gasteiger partial charge in [-0.05, 0) is 12.5 Å². The number of anilines is 2. The van der Waals surface area contributed by atoms with Crippen LogP contribution in [-0.2, 0) is 9.47 Å². The first kappa shape index (κ1) is 13.1. The van der Waals surface area contributed by atoms with Crippen molar-refractivity contribution in [2.75, 3.05) is 43.5 Å². The molecule has 5 heteroatoms. The summed E-state index contributed by atoms with van der Waals surface area (Å²) in [6, 6.07) is 2.06. The van der Waals surface area contributed by atoms with Gasteiger partial charge in [-0.3, -0.25) is 4.98 Å². The molecule has 0 saturated carbocycles. The van der Waals surface area contributed by atoms with Crippen LogP contribution in [0.25, 0.3) is 0 Å². The fourth-order valence-electron chi connectivity index (χ4n) is 1.79.